The van der Waals surface area contributed by atoms with Crippen LogP contribution < -0.4 is 10.6 Å². The highest BCUT2D eigenvalue weighted by Crippen LogP contribution is 2.16. The van der Waals surface area contributed by atoms with Crippen LogP contribution in [0.15, 0.2) is 24.3 Å². The Morgan fingerprint density at radius 3 is 2.38 bits per heavy atom. The number of nitrogens with one attached hydrogen (secondary N) is 2. The molecule has 0 radical (unpaired) electrons. The lowest BCUT2D eigenvalue weighted by Crippen LogP contribution is -2.37. The van der Waals surface area contributed by atoms with Crippen LogP contribution in [0.25, 0.3) is 0 Å². The first-order valence-electron chi connectivity index (χ1n) is 7.35. The minimum absolute atomic E-state index is 0.0305. The average Bonchev–Trinajstić information content (AvgIpc) is 2.37. The summed E-state index contributed by atoms with van der Waals surface area (Å²) in [5, 5.41) is 5.74. The normalized spacial score (nSPS) is 12.6. The third-order valence-electron chi connectivity index (χ3n) is 3.35. The zero-order valence-corrected chi connectivity index (χ0v) is 13.6. The van der Waals surface area contributed by atoms with Gasteiger partial charge in [0.1, 0.15) is 0 Å². The van der Waals surface area contributed by atoms with Gasteiger partial charge >= 0.3 is 0 Å². The van der Waals surface area contributed by atoms with Crippen LogP contribution in [-0.2, 0) is 9.59 Å². The standard InChI is InChI=1S/C17H26N2O2/c1-12-8-6-7-9-14(12)13(2)19-15(20)10-11-18-16(21)17(3,4)5/h6-9,13H,10-11H2,1-5H3,(H,18,21)(H,19,20). The lowest BCUT2D eigenvalue weighted by atomic mass is 9.96. The van der Waals surface area contributed by atoms with Crippen molar-refractivity contribution in [2.24, 2.45) is 5.41 Å². The Hall–Kier alpha value is -1.84. The smallest absolute Gasteiger partial charge is 0.225 e. The highest BCUT2D eigenvalue weighted by molar-refractivity contribution is 5.82. The molecule has 0 heterocycles. The van der Waals surface area contributed by atoms with E-state index in [2.05, 4.69) is 10.6 Å². The Balaban J connectivity index is 2.41. The summed E-state index contributed by atoms with van der Waals surface area (Å²) in [6.45, 7) is 9.91. The van der Waals surface area contributed by atoms with E-state index >= 15 is 0 Å². The van der Waals surface area contributed by atoms with Gasteiger partial charge in [-0.15, -0.1) is 0 Å². The van der Waals surface area contributed by atoms with Crippen molar-refractivity contribution in [2.45, 2.75) is 47.1 Å². The van der Waals surface area contributed by atoms with Crippen LogP contribution in [0.1, 0.15) is 51.3 Å². The van der Waals surface area contributed by atoms with Gasteiger partial charge in [-0.1, -0.05) is 45.0 Å². The van der Waals surface area contributed by atoms with Gasteiger partial charge in [-0.2, -0.15) is 0 Å². The minimum atomic E-state index is -0.426. The summed E-state index contributed by atoms with van der Waals surface area (Å²) in [7, 11) is 0. The molecular formula is C17H26N2O2. The number of aryl methyl sites for hydroxylation is 1. The van der Waals surface area contributed by atoms with Crippen LogP contribution >= 0.6 is 0 Å². The predicted molar refractivity (Wildman–Crippen MR) is 84.8 cm³/mol. The van der Waals surface area contributed by atoms with Crippen molar-refractivity contribution in [3.8, 4) is 0 Å². The van der Waals surface area contributed by atoms with Crippen molar-refractivity contribution in [3.05, 3.63) is 35.4 Å². The van der Waals surface area contributed by atoms with Gasteiger partial charge in [0.2, 0.25) is 11.8 Å². The summed E-state index contributed by atoms with van der Waals surface area (Å²) in [6.07, 6.45) is 0.290. The first-order chi connectivity index (χ1) is 9.71. The number of carbonyl (C=O) groups excluding carboxylic acids is 2. The summed E-state index contributed by atoms with van der Waals surface area (Å²) in [5.74, 6) is -0.0952. The summed E-state index contributed by atoms with van der Waals surface area (Å²) in [4.78, 5) is 23.6. The highest BCUT2D eigenvalue weighted by Gasteiger charge is 2.20. The maximum Gasteiger partial charge on any atom is 0.225 e. The number of amides is 2. The summed E-state index contributed by atoms with van der Waals surface area (Å²) >= 11 is 0. The summed E-state index contributed by atoms with van der Waals surface area (Å²) in [5.41, 5.74) is 1.85. The third kappa shape index (κ3) is 5.58. The molecular weight excluding hydrogens is 264 g/mol. The van der Waals surface area contributed by atoms with Crippen LogP contribution in [0.2, 0.25) is 0 Å². The molecule has 1 unspecified atom stereocenters. The van der Waals surface area contributed by atoms with Crippen molar-refractivity contribution in [2.75, 3.05) is 6.54 Å². The van der Waals surface area contributed by atoms with E-state index in [4.69, 9.17) is 0 Å². The van der Waals surface area contributed by atoms with Crippen molar-refractivity contribution in [1.29, 1.82) is 0 Å². The monoisotopic (exact) mass is 290 g/mol. The molecule has 21 heavy (non-hydrogen) atoms. The van der Waals surface area contributed by atoms with Gasteiger partial charge in [0.15, 0.2) is 0 Å². The van der Waals surface area contributed by atoms with Crippen molar-refractivity contribution in [1.82, 2.24) is 10.6 Å². The Bertz CT molecular complexity index is 504. The highest BCUT2D eigenvalue weighted by atomic mass is 16.2. The lowest BCUT2D eigenvalue weighted by Gasteiger charge is -2.19. The topological polar surface area (TPSA) is 58.2 Å². The Kier molecular flexibility index (Phi) is 5.94. The van der Waals surface area contributed by atoms with E-state index in [1.54, 1.807) is 0 Å². The number of carbonyl (C=O) groups is 2. The van der Waals surface area contributed by atoms with Gasteiger partial charge in [-0.3, -0.25) is 9.59 Å². The van der Waals surface area contributed by atoms with Crippen LogP contribution in [-0.4, -0.2) is 18.4 Å². The molecule has 4 heteroatoms. The molecule has 0 saturated carbocycles. The first-order valence-corrected chi connectivity index (χ1v) is 7.35. The number of hydrogen-bond donors (Lipinski definition) is 2. The molecule has 1 atom stereocenters. The van der Waals surface area contributed by atoms with Gasteiger partial charge in [-0.25, -0.2) is 0 Å². The second-order valence-electron chi connectivity index (χ2n) is 6.40. The molecule has 116 valence electrons. The largest absolute Gasteiger partial charge is 0.355 e. The fraction of sp³-hybridized carbons (Fsp3) is 0.529. The molecule has 0 aromatic heterocycles. The number of benzene rings is 1. The van der Waals surface area contributed by atoms with Crippen LogP contribution in [0.3, 0.4) is 0 Å². The third-order valence-corrected chi connectivity index (χ3v) is 3.35. The van der Waals surface area contributed by atoms with E-state index in [1.165, 1.54) is 0 Å². The van der Waals surface area contributed by atoms with E-state index < -0.39 is 5.41 Å². The molecule has 0 aliphatic carbocycles. The van der Waals surface area contributed by atoms with Crippen LogP contribution in [0, 0.1) is 12.3 Å². The fourth-order valence-corrected chi connectivity index (χ4v) is 2.02. The molecule has 2 amide bonds. The van der Waals surface area contributed by atoms with E-state index in [0.717, 1.165) is 11.1 Å². The van der Waals surface area contributed by atoms with E-state index in [0.29, 0.717) is 6.54 Å². The fourth-order valence-electron chi connectivity index (χ4n) is 2.02. The Morgan fingerprint density at radius 1 is 1.19 bits per heavy atom. The Labute approximate surface area is 127 Å². The van der Waals surface area contributed by atoms with Gasteiger partial charge in [-0.05, 0) is 25.0 Å². The van der Waals surface area contributed by atoms with Gasteiger partial charge in [0, 0.05) is 18.4 Å². The molecule has 0 bridgehead atoms. The predicted octanol–water partition coefficient (Wildman–Crippen LogP) is 2.72. The van der Waals surface area contributed by atoms with Crippen molar-refractivity contribution in [3.63, 3.8) is 0 Å². The molecule has 1 rings (SSSR count). The molecule has 4 nitrogen and oxygen atoms in total. The average molecular weight is 290 g/mol. The summed E-state index contributed by atoms with van der Waals surface area (Å²) in [6, 6.07) is 7.96. The maximum atomic E-state index is 11.9. The van der Waals surface area contributed by atoms with Gasteiger partial charge in [0.05, 0.1) is 6.04 Å². The van der Waals surface area contributed by atoms with Crippen LogP contribution in [0.4, 0.5) is 0 Å². The van der Waals surface area contributed by atoms with Crippen molar-refractivity contribution < 1.29 is 9.59 Å². The number of hydrogen-bond acceptors (Lipinski definition) is 2. The van der Waals surface area contributed by atoms with Gasteiger partial charge < -0.3 is 10.6 Å². The van der Waals surface area contributed by atoms with E-state index in [9.17, 15) is 9.59 Å². The van der Waals surface area contributed by atoms with E-state index in [1.807, 2.05) is 58.9 Å². The Morgan fingerprint density at radius 2 is 1.81 bits per heavy atom. The minimum Gasteiger partial charge on any atom is -0.355 e. The molecule has 1 aromatic carbocycles. The zero-order valence-electron chi connectivity index (χ0n) is 13.6. The lowest BCUT2D eigenvalue weighted by molar-refractivity contribution is -0.128. The molecule has 0 spiro atoms. The van der Waals surface area contributed by atoms with Crippen molar-refractivity contribution >= 4 is 11.8 Å². The van der Waals surface area contributed by atoms with Crippen LogP contribution in [0.5, 0.6) is 0 Å². The number of rotatable bonds is 5. The summed E-state index contributed by atoms with van der Waals surface area (Å²) < 4.78 is 0. The molecule has 0 aliphatic heterocycles. The molecule has 0 saturated heterocycles. The molecule has 0 aliphatic rings. The second kappa shape index (κ2) is 7.25. The first kappa shape index (κ1) is 17.2. The quantitative estimate of drug-likeness (QED) is 0.876. The molecule has 1 aromatic rings. The van der Waals surface area contributed by atoms with Gasteiger partial charge in [0.25, 0.3) is 0 Å². The molecule has 2 N–H and O–H groups in total. The SMILES string of the molecule is Cc1ccccc1C(C)NC(=O)CCNC(=O)C(C)(C)C. The molecule has 0 fully saturated rings. The van der Waals surface area contributed by atoms with E-state index in [-0.39, 0.29) is 24.3 Å². The zero-order chi connectivity index (χ0) is 16.0. The second-order valence-corrected chi connectivity index (χ2v) is 6.40. The maximum absolute atomic E-state index is 11.9.